The highest BCUT2D eigenvalue weighted by Gasteiger charge is 2.23. The molecule has 0 heterocycles. The molecule has 0 aromatic heterocycles. The van der Waals surface area contributed by atoms with Crippen molar-refractivity contribution in [1.82, 2.24) is 4.90 Å². The predicted octanol–water partition coefficient (Wildman–Crippen LogP) is 4.23. The summed E-state index contributed by atoms with van der Waals surface area (Å²) < 4.78 is 40.2. The first-order chi connectivity index (χ1) is 14.2. The molecular weight excluding hydrogens is 403 g/mol. The van der Waals surface area contributed by atoms with Crippen LogP contribution in [0, 0.1) is 12.7 Å². The topological polar surface area (TPSA) is 57.7 Å². The average Bonchev–Trinajstić information content (AvgIpc) is 2.75. The molecular formula is C23H23FN2O3S. The van der Waals surface area contributed by atoms with Gasteiger partial charge in [-0.3, -0.25) is 9.10 Å². The van der Waals surface area contributed by atoms with Crippen LogP contribution in [0.1, 0.15) is 21.5 Å². The zero-order valence-corrected chi connectivity index (χ0v) is 17.9. The number of hydrogen-bond donors (Lipinski definition) is 0. The fourth-order valence-corrected chi connectivity index (χ4v) is 4.39. The first-order valence-corrected chi connectivity index (χ1v) is 10.8. The molecule has 0 fully saturated rings. The van der Waals surface area contributed by atoms with Gasteiger partial charge in [-0.05, 0) is 54.4 Å². The summed E-state index contributed by atoms with van der Waals surface area (Å²) in [5.74, 6) is -0.593. The summed E-state index contributed by atoms with van der Waals surface area (Å²) in [6.45, 7) is 2.10. The van der Waals surface area contributed by atoms with Crippen molar-refractivity contribution in [2.45, 2.75) is 18.4 Å². The Hall–Kier alpha value is -3.19. The van der Waals surface area contributed by atoms with Crippen LogP contribution in [0.4, 0.5) is 10.1 Å². The number of carbonyl (C=O) groups is 1. The molecule has 3 aromatic rings. The monoisotopic (exact) mass is 426 g/mol. The number of benzene rings is 3. The van der Waals surface area contributed by atoms with E-state index in [9.17, 15) is 17.6 Å². The number of sulfonamides is 1. The van der Waals surface area contributed by atoms with Gasteiger partial charge in [0.2, 0.25) is 0 Å². The van der Waals surface area contributed by atoms with Crippen LogP contribution in [0.5, 0.6) is 0 Å². The Bertz CT molecular complexity index is 1150. The summed E-state index contributed by atoms with van der Waals surface area (Å²) in [5.41, 5.74) is 2.33. The number of hydrogen-bond acceptors (Lipinski definition) is 3. The number of amides is 1. The number of nitrogens with zero attached hydrogens (tertiary/aromatic N) is 2. The molecule has 1 amide bonds. The average molecular weight is 427 g/mol. The van der Waals surface area contributed by atoms with Crippen LogP contribution in [0.3, 0.4) is 0 Å². The lowest BCUT2D eigenvalue weighted by molar-refractivity contribution is 0.0785. The van der Waals surface area contributed by atoms with Crippen molar-refractivity contribution >= 4 is 21.6 Å². The second kappa shape index (κ2) is 8.67. The van der Waals surface area contributed by atoms with E-state index in [-0.39, 0.29) is 16.6 Å². The highest BCUT2D eigenvalue weighted by molar-refractivity contribution is 7.92. The Kier molecular flexibility index (Phi) is 6.22. The summed E-state index contributed by atoms with van der Waals surface area (Å²) >= 11 is 0. The van der Waals surface area contributed by atoms with E-state index in [1.807, 2.05) is 0 Å². The lowest BCUT2D eigenvalue weighted by Gasteiger charge is -2.23. The van der Waals surface area contributed by atoms with E-state index in [1.54, 1.807) is 62.5 Å². The van der Waals surface area contributed by atoms with Gasteiger partial charge in [0.25, 0.3) is 15.9 Å². The van der Waals surface area contributed by atoms with Gasteiger partial charge in [-0.1, -0.05) is 36.4 Å². The number of carbonyl (C=O) groups excluding carboxylic acids is 1. The molecule has 0 aliphatic heterocycles. The maximum Gasteiger partial charge on any atom is 0.264 e. The minimum Gasteiger partial charge on any atom is -0.337 e. The van der Waals surface area contributed by atoms with E-state index in [0.29, 0.717) is 17.8 Å². The molecule has 0 unspecified atom stereocenters. The van der Waals surface area contributed by atoms with Gasteiger partial charge in [0.15, 0.2) is 0 Å². The van der Waals surface area contributed by atoms with E-state index >= 15 is 0 Å². The first kappa shape index (κ1) is 21.5. The molecule has 0 bridgehead atoms. The van der Waals surface area contributed by atoms with Crippen molar-refractivity contribution in [3.8, 4) is 0 Å². The van der Waals surface area contributed by atoms with Crippen molar-refractivity contribution in [1.29, 1.82) is 0 Å². The SMILES string of the molecule is Cc1ccc(C(=O)N(C)Cc2ccc(F)cc2)cc1N(C)S(=O)(=O)c1ccccc1. The molecule has 156 valence electrons. The Morgan fingerprint density at radius 2 is 1.57 bits per heavy atom. The van der Waals surface area contributed by atoms with Gasteiger partial charge in [0.1, 0.15) is 5.82 Å². The number of anilines is 1. The zero-order chi connectivity index (χ0) is 21.9. The smallest absolute Gasteiger partial charge is 0.264 e. The van der Waals surface area contributed by atoms with Crippen molar-refractivity contribution in [2.75, 3.05) is 18.4 Å². The van der Waals surface area contributed by atoms with E-state index in [4.69, 9.17) is 0 Å². The molecule has 0 spiro atoms. The summed E-state index contributed by atoms with van der Waals surface area (Å²) in [7, 11) is -0.635. The third kappa shape index (κ3) is 4.52. The highest BCUT2D eigenvalue weighted by atomic mass is 32.2. The van der Waals surface area contributed by atoms with E-state index in [2.05, 4.69) is 0 Å². The molecule has 3 rings (SSSR count). The summed E-state index contributed by atoms with van der Waals surface area (Å²) in [5, 5.41) is 0. The maximum absolute atomic E-state index is 13.1. The van der Waals surface area contributed by atoms with Crippen molar-refractivity contribution < 1.29 is 17.6 Å². The molecule has 0 atom stereocenters. The molecule has 7 heteroatoms. The van der Waals surface area contributed by atoms with Crippen LogP contribution in [0.2, 0.25) is 0 Å². The van der Waals surface area contributed by atoms with Crippen LogP contribution in [0.15, 0.2) is 77.7 Å². The lowest BCUT2D eigenvalue weighted by atomic mass is 10.1. The summed E-state index contributed by atoms with van der Waals surface area (Å²) in [6, 6.07) is 19.1. The highest BCUT2D eigenvalue weighted by Crippen LogP contribution is 2.27. The minimum atomic E-state index is -3.76. The van der Waals surface area contributed by atoms with Gasteiger partial charge in [-0.25, -0.2) is 12.8 Å². The van der Waals surface area contributed by atoms with Crippen molar-refractivity contribution in [3.63, 3.8) is 0 Å². The largest absolute Gasteiger partial charge is 0.337 e. The van der Waals surface area contributed by atoms with Crippen molar-refractivity contribution in [2.24, 2.45) is 0 Å². The molecule has 0 N–H and O–H groups in total. The number of aryl methyl sites for hydroxylation is 1. The van der Waals surface area contributed by atoms with Crippen LogP contribution in [-0.2, 0) is 16.6 Å². The fraction of sp³-hybridized carbons (Fsp3) is 0.174. The maximum atomic E-state index is 13.1. The molecule has 3 aromatic carbocycles. The normalized spacial score (nSPS) is 11.2. The Balaban J connectivity index is 1.87. The summed E-state index contributed by atoms with van der Waals surface area (Å²) in [6.07, 6.45) is 0. The molecule has 0 aliphatic carbocycles. The van der Waals surface area contributed by atoms with Gasteiger partial charge in [-0.15, -0.1) is 0 Å². The molecule has 30 heavy (non-hydrogen) atoms. The van der Waals surface area contributed by atoms with Gasteiger partial charge in [-0.2, -0.15) is 0 Å². The predicted molar refractivity (Wildman–Crippen MR) is 115 cm³/mol. The Morgan fingerprint density at radius 1 is 0.933 bits per heavy atom. The van der Waals surface area contributed by atoms with E-state index < -0.39 is 10.0 Å². The van der Waals surface area contributed by atoms with Gasteiger partial charge in [0.05, 0.1) is 10.6 Å². The lowest BCUT2D eigenvalue weighted by Crippen LogP contribution is -2.29. The number of rotatable bonds is 6. The van der Waals surface area contributed by atoms with Crippen LogP contribution in [0.25, 0.3) is 0 Å². The van der Waals surface area contributed by atoms with Crippen LogP contribution < -0.4 is 4.31 Å². The number of halogens is 1. The van der Waals surface area contributed by atoms with Gasteiger partial charge < -0.3 is 4.90 Å². The first-order valence-electron chi connectivity index (χ1n) is 9.34. The molecule has 0 aliphatic rings. The minimum absolute atomic E-state index is 0.178. The van der Waals surface area contributed by atoms with E-state index in [0.717, 1.165) is 11.1 Å². The van der Waals surface area contributed by atoms with E-state index in [1.165, 1.54) is 40.5 Å². The second-order valence-corrected chi connectivity index (χ2v) is 9.04. The van der Waals surface area contributed by atoms with Crippen LogP contribution >= 0.6 is 0 Å². The molecule has 5 nitrogen and oxygen atoms in total. The second-order valence-electron chi connectivity index (χ2n) is 7.07. The quantitative estimate of drug-likeness (QED) is 0.593. The van der Waals surface area contributed by atoms with Gasteiger partial charge in [0, 0.05) is 26.2 Å². The molecule has 0 saturated carbocycles. The zero-order valence-electron chi connectivity index (χ0n) is 17.0. The van der Waals surface area contributed by atoms with Gasteiger partial charge >= 0.3 is 0 Å². The fourth-order valence-electron chi connectivity index (χ4n) is 3.12. The molecule has 0 radical (unpaired) electrons. The third-order valence-electron chi connectivity index (χ3n) is 4.88. The molecule has 0 saturated heterocycles. The third-order valence-corrected chi connectivity index (χ3v) is 6.66. The Labute approximate surface area is 176 Å². The Morgan fingerprint density at radius 3 is 2.20 bits per heavy atom. The van der Waals surface area contributed by atoms with Crippen molar-refractivity contribution in [3.05, 3.63) is 95.3 Å². The standard InChI is InChI=1S/C23H23FN2O3S/c1-17-9-12-19(23(27)25(2)16-18-10-13-20(24)14-11-18)15-22(17)26(3)30(28,29)21-7-5-4-6-8-21/h4-15H,16H2,1-3H3. The van der Waals surface area contributed by atoms with Crippen LogP contribution in [-0.4, -0.2) is 33.3 Å². The summed E-state index contributed by atoms with van der Waals surface area (Å²) in [4.78, 5) is 14.6.